The molecule has 0 unspecified atom stereocenters. The third-order valence-corrected chi connectivity index (χ3v) is 8.52. The van der Waals surface area contributed by atoms with Crippen molar-refractivity contribution in [2.24, 2.45) is 0 Å². The van der Waals surface area contributed by atoms with Gasteiger partial charge in [-0.2, -0.15) is 0 Å². The van der Waals surface area contributed by atoms with E-state index in [9.17, 15) is 21.6 Å². The van der Waals surface area contributed by atoms with Crippen LogP contribution in [0.1, 0.15) is 11.1 Å². The van der Waals surface area contributed by atoms with E-state index in [0.29, 0.717) is 17.1 Å². The van der Waals surface area contributed by atoms with Crippen LogP contribution < -0.4 is 14.3 Å². The number of carbonyl (C=O) groups is 1. The number of nitrogens with one attached hydrogen (secondary N) is 2. The number of aryl methyl sites for hydroxylation is 1. The molecule has 0 atom stereocenters. The third-order valence-electron chi connectivity index (χ3n) is 6.01. The number of carbonyl (C=O) groups excluding carboxylic acids is 1. The predicted molar refractivity (Wildman–Crippen MR) is 148 cm³/mol. The molecule has 192 valence electrons. The molecule has 0 radical (unpaired) electrons. The second-order valence-electron chi connectivity index (χ2n) is 8.69. The van der Waals surface area contributed by atoms with Gasteiger partial charge in [-0.25, -0.2) is 16.8 Å². The zero-order chi connectivity index (χ0) is 26.8. The van der Waals surface area contributed by atoms with Crippen LogP contribution in [-0.2, 0) is 24.8 Å². The van der Waals surface area contributed by atoms with E-state index in [-0.39, 0.29) is 4.90 Å². The zero-order valence-corrected chi connectivity index (χ0v) is 22.2. The highest BCUT2D eigenvalue weighted by atomic mass is 32.2. The minimum absolute atomic E-state index is 0.0200. The number of fused-ring (bicyclic) bond motifs is 1. The molecule has 0 saturated carbocycles. The minimum Gasteiger partial charge on any atom is -0.325 e. The van der Waals surface area contributed by atoms with E-state index in [1.165, 1.54) is 24.3 Å². The molecule has 4 rings (SSSR count). The number of sulfonamides is 2. The van der Waals surface area contributed by atoms with Gasteiger partial charge in [-0.05, 0) is 66.8 Å². The van der Waals surface area contributed by atoms with Crippen LogP contribution in [0.15, 0.2) is 89.8 Å². The Balaban J connectivity index is 1.50. The van der Waals surface area contributed by atoms with Crippen LogP contribution >= 0.6 is 0 Å². The average Bonchev–Trinajstić information content (AvgIpc) is 2.84. The van der Waals surface area contributed by atoms with Crippen molar-refractivity contribution in [1.82, 2.24) is 0 Å². The maximum atomic E-state index is 13.0. The van der Waals surface area contributed by atoms with Crippen LogP contribution in [0.3, 0.4) is 0 Å². The van der Waals surface area contributed by atoms with Gasteiger partial charge in [-0.1, -0.05) is 48.5 Å². The van der Waals surface area contributed by atoms with Crippen molar-refractivity contribution in [2.45, 2.75) is 18.7 Å². The van der Waals surface area contributed by atoms with Crippen molar-refractivity contribution in [3.63, 3.8) is 0 Å². The molecular formula is C27H27N3O5S2. The summed E-state index contributed by atoms with van der Waals surface area (Å²) in [6.45, 7) is 3.24. The number of hydrogen-bond acceptors (Lipinski definition) is 5. The topological polar surface area (TPSA) is 113 Å². The average molecular weight is 538 g/mol. The normalized spacial score (nSPS) is 11.8. The lowest BCUT2D eigenvalue weighted by Crippen LogP contribution is -2.38. The molecule has 4 aromatic rings. The van der Waals surface area contributed by atoms with E-state index in [1.54, 1.807) is 31.2 Å². The monoisotopic (exact) mass is 537 g/mol. The molecule has 1 amide bonds. The summed E-state index contributed by atoms with van der Waals surface area (Å²) in [5.74, 6) is -0.559. The highest BCUT2D eigenvalue weighted by Gasteiger charge is 2.23. The molecule has 4 aromatic carbocycles. The first-order chi connectivity index (χ1) is 17.5. The number of nitrogens with zero attached hydrogens (tertiary/aromatic N) is 1. The molecule has 0 aliphatic rings. The lowest BCUT2D eigenvalue weighted by atomic mass is 10.1. The number of anilines is 3. The van der Waals surface area contributed by atoms with Gasteiger partial charge in [0, 0.05) is 11.1 Å². The van der Waals surface area contributed by atoms with E-state index in [0.717, 1.165) is 32.5 Å². The molecule has 0 aromatic heterocycles. The number of rotatable bonds is 8. The van der Waals surface area contributed by atoms with Gasteiger partial charge in [0.2, 0.25) is 15.9 Å². The fourth-order valence-electron chi connectivity index (χ4n) is 3.95. The standard InChI is InChI=1S/C27H27N3O5S2/c1-19-8-6-13-26(20(19)2)30(36(3,32)33)18-27(31)28-22-14-16-23(17-15-22)37(34,35)29-25-12-7-10-21-9-4-5-11-24(21)25/h4-17,29H,18H2,1-3H3,(H,28,31). The number of amides is 1. The van der Waals surface area contributed by atoms with Gasteiger partial charge in [0.1, 0.15) is 6.54 Å². The van der Waals surface area contributed by atoms with Crippen molar-refractivity contribution in [2.75, 3.05) is 27.1 Å². The Hall–Kier alpha value is -3.89. The first kappa shape index (κ1) is 26.2. The summed E-state index contributed by atoms with van der Waals surface area (Å²) in [4.78, 5) is 12.8. The maximum absolute atomic E-state index is 13.0. The SMILES string of the molecule is Cc1cccc(N(CC(=O)Nc2ccc(S(=O)(=O)Nc3cccc4ccccc34)cc2)S(C)(=O)=O)c1C. The Morgan fingerprint density at radius 1 is 0.811 bits per heavy atom. The number of hydrogen-bond donors (Lipinski definition) is 2. The van der Waals surface area contributed by atoms with Gasteiger partial charge in [0.05, 0.1) is 22.5 Å². The highest BCUT2D eigenvalue weighted by Crippen LogP contribution is 2.27. The summed E-state index contributed by atoms with van der Waals surface area (Å²) in [5.41, 5.74) is 2.89. The van der Waals surface area contributed by atoms with Gasteiger partial charge in [-0.3, -0.25) is 13.8 Å². The minimum atomic E-state index is -3.88. The Bertz CT molecular complexity index is 1680. The van der Waals surface area contributed by atoms with Crippen LogP contribution in [0.25, 0.3) is 10.8 Å². The van der Waals surface area contributed by atoms with Gasteiger partial charge in [0.15, 0.2) is 0 Å². The van der Waals surface area contributed by atoms with Gasteiger partial charge < -0.3 is 5.32 Å². The quantitative estimate of drug-likeness (QED) is 0.339. The van der Waals surface area contributed by atoms with Crippen LogP contribution in [0.2, 0.25) is 0 Å². The second kappa shape index (κ2) is 10.2. The fraction of sp³-hybridized carbons (Fsp3) is 0.148. The Labute approximate surface area is 217 Å². The summed E-state index contributed by atoms with van der Waals surface area (Å²) >= 11 is 0. The van der Waals surface area contributed by atoms with Crippen LogP contribution in [0.4, 0.5) is 17.1 Å². The number of benzene rings is 4. The first-order valence-electron chi connectivity index (χ1n) is 11.4. The van der Waals surface area contributed by atoms with Crippen molar-refractivity contribution in [3.05, 3.63) is 96.1 Å². The first-order valence-corrected chi connectivity index (χ1v) is 14.7. The molecule has 8 nitrogen and oxygen atoms in total. The Kier molecular flexibility index (Phi) is 7.24. The molecule has 0 aliphatic heterocycles. The summed E-state index contributed by atoms with van der Waals surface area (Å²) in [6.07, 6.45) is 1.05. The van der Waals surface area contributed by atoms with Gasteiger partial charge >= 0.3 is 0 Å². The molecular weight excluding hydrogens is 510 g/mol. The predicted octanol–water partition coefficient (Wildman–Crippen LogP) is 4.66. The fourth-order valence-corrected chi connectivity index (χ4v) is 5.94. The largest absolute Gasteiger partial charge is 0.325 e. The molecule has 0 fully saturated rings. The van der Waals surface area contributed by atoms with Crippen molar-refractivity contribution >= 4 is 53.8 Å². The van der Waals surface area contributed by atoms with E-state index >= 15 is 0 Å². The van der Waals surface area contributed by atoms with Crippen LogP contribution in [0.5, 0.6) is 0 Å². The van der Waals surface area contributed by atoms with Gasteiger partial charge in [-0.15, -0.1) is 0 Å². The molecule has 2 N–H and O–H groups in total. The molecule has 0 heterocycles. The summed E-state index contributed by atoms with van der Waals surface area (Å²) in [6, 6.07) is 23.7. The summed E-state index contributed by atoms with van der Waals surface area (Å²) in [7, 11) is -7.61. The molecule has 0 saturated heterocycles. The maximum Gasteiger partial charge on any atom is 0.261 e. The molecule has 0 bridgehead atoms. The Morgan fingerprint density at radius 3 is 2.16 bits per heavy atom. The van der Waals surface area contributed by atoms with Crippen molar-refractivity contribution in [1.29, 1.82) is 0 Å². The van der Waals surface area contributed by atoms with Gasteiger partial charge in [0.25, 0.3) is 10.0 Å². The second-order valence-corrected chi connectivity index (χ2v) is 12.3. The molecule has 10 heteroatoms. The zero-order valence-electron chi connectivity index (χ0n) is 20.6. The smallest absolute Gasteiger partial charge is 0.261 e. The molecule has 37 heavy (non-hydrogen) atoms. The summed E-state index contributed by atoms with van der Waals surface area (Å²) in [5, 5.41) is 4.32. The summed E-state index contributed by atoms with van der Waals surface area (Å²) < 4.78 is 54.5. The lowest BCUT2D eigenvalue weighted by Gasteiger charge is -2.24. The molecule has 0 aliphatic carbocycles. The van der Waals surface area contributed by atoms with E-state index in [4.69, 9.17) is 0 Å². The van der Waals surface area contributed by atoms with E-state index in [1.807, 2.05) is 43.3 Å². The van der Waals surface area contributed by atoms with E-state index < -0.39 is 32.5 Å². The van der Waals surface area contributed by atoms with E-state index in [2.05, 4.69) is 10.0 Å². The van der Waals surface area contributed by atoms with Crippen molar-refractivity contribution < 1.29 is 21.6 Å². The Morgan fingerprint density at radius 2 is 1.46 bits per heavy atom. The molecule has 0 spiro atoms. The van der Waals surface area contributed by atoms with Crippen LogP contribution in [0, 0.1) is 13.8 Å². The lowest BCUT2D eigenvalue weighted by molar-refractivity contribution is -0.114. The van der Waals surface area contributed by atoms with Crippen LogP contribution in [-0.4, -0.2) is 35.5 Å². The van der Waals surface area contributed by atoms with Crippen molar-refractivity contribution in [3.8, 4) is 0 Å². The third kappa shape index (κ3) is 5.92. The highest BCUT2D eigenvalue weighted by molar-refractivity contribution is 7.92.